The molecule has 2 rings (SSSR count). The molecule has 0 aliphatic heterocycles. The molecule has 0 saturated heterocycles. The second-order valence-electron chi connectivity index (χ2n) is 5.89. The summed E-state index contributed by atoms with van der Waals surface area (Å²) in [6.45, 7) is 10.4. The van der Waals surface area contributed by atoms with Crippen molar-refractivity contribution in [3.05, 3.63) is 33.5 Å². The predicted octanol–water partition coefficient (Wildman–Crippen LogP) is 2.77. The molecule has 0 atom stereocenters. The fourth-order valence-corrected chi connectivity index (χ4v) is 2.85. The van der Waals surface area contributed by atoms with Crippen LogP contribution in [0, 0.1) is 6.92 Å². The second-order valence-corrected chi connectivity index (χ2v) is 6.83. The molecule has 0 fully saturated rings. The summed E-state index contributed by atoms with van der Waals surface area (Å²) in [6.07, 6.45) is 2.10. The van der Waals surface area contributed by atoms with Crippen molar-refractivity contribution in [2.75, 3.05) is 0 Å². The Labute approximate surface area is 118 Å². The van der Waals surface area contributed by atoms with Gasteiger partial charge in [0.2, 0.25) is 0 Å². The molecule has 0 bridgehead atoms. The third-order valence-electron chi connectivity index (χ3n) is 3.06. The number of nitrogens with one attached hydrogen (secondary N) is 1. The molecule has 0 saturated carbocycles. The molecule has 0 spiro atoms. The monoisotopic (exact) mass is 278 g/mol. The van der Waals surface area contributed by atoms with Crippen LogP contribution in [0.2, 0.25) is 0 Å². The zero-order chi connectivity index (χ0) is 14.0. The summed E-state index contributed by atoms with van der Waals surface area (Å²) in [5.74, 6) is 0. The van der Waals surface area contributed by atoms with Crippen molar-refractivity contribution in [2.45, 2.75) is 46.2 Å². The Kier molecular flexibility index (Phi) is 4.06. The molecule has 0 unspecified atom stereocenters. The van der Waals surface area contributed by atoms with Crippen LogP contribution in [-0.4, -0.2) is 14.8 Å². The molecule has 1 N–H and O–H groups in total. The maximum atomic E-state index is 4.58. The van der Waals surface area contributed by atoms with Crippen molar-refractivity contribution in [1.82, 2.24) is 20.1 Å². The van der Waals surface area contributed by atoms with Gasteiger partial charge >= 0.3 is 0 Å². The summed E-state index contributed by atoms with van der Waals surface area (Å²) in [5, 5.41) is 8.07. The van der Waals surface area contributed by atoms with Gasteiger partial charge in [0.25, 0.3) is 0 Å². The van der Waals surface area contributed by atoms with Crippen LogP contribution in [0.5, 0.6) is 0 Å². The van der Waals surface area contributed by atoms with Crippen LogP contribution in [-0.2, 0) is 25.6 Å². The largest absolute Gasteiger partial charge is 0.308 e. The first-order valence-corrected chi connectivity index (χ1v) is 7.38. The maximum absolute atomic E-state index is 4.58. The molecule has 2 aromatic heterocycles. The van der Waals surface area contributed by atoms with E-state index in [9.17, 15) is 0 Å². The lowest BCUT2D eigenvalue weighted by Crippen LogP contribution is -2.19. The van der Waals surface area contributed by atoms with Gasteiger partial charge in [-0.3, -0.25) is 4.68 Å². The summed E-state index contributed by atoms with van der Waals surface area (Å²) in [6, 6.07) is 0. The minimum absolute atomic E-state index is 0.0820. The molecule has 0 aliphatic rings. The number of nitrogens with zero attached hydrogens (tertiary/aromatic N) is 3. The Morgan fingerprint density at radius 2 is 2.05 bits per heavy atom. The van der Waals surface area contributed by atoms with Gasteiger partial charge in [-0.2, -0.15) is 5.10 Å². The van der Waals surface area contributed by atoms with Gasteiger partial charge in [0.1, 0.15) is 0 Å². The fraction of sp³-hybridized carbons (Fsp3) is 0.571. The Balaban J connectivity index is 2.02. The average molecular weight is 278 g/mol. The lowest BCUT2D eigenvalue weighted by Gasteiger charge is -2.17. The Bertz CT molecular complexity index is 548. The third-order valence-corrected chi connectivity index (χ3v) is 4.00. The van der Waals surface area contributed by atoms with Crippen LogP contribution in [0.4, 0.5) is 0 Å². The highest BCUT2D eigenvalue weighted by molar-refractivity contribution is 7.09. The van der Waals surface area contributed by atoms with Crippen LogP contribution < -0.4 is 5.32 Å². The van der Waals surface area contributed by atoms with Gasteiger partial charge in [0, 0.05) is 42.2 Å². The van der Waals surface area contributed by atoms with Crippen LogP contribution in [0.3, 0.4) is 0 Å². The zero-order valence-corrected chi connectivity index (χ0v) is 13.1. The van der Waals surface area contributed by atoms with E-state index in [1.165, 1.54) is 16.1 Å². The Hall–Kier alpha value is -1.20. The van der Waals surface area contributed by atoms with Crippen molar-refractivity contribution in [3.8, 4) is 0 Å². The highest BCUT2D eigenvalue weighted by Gasteiger charge is 2.21. The van der Waals surface area contributed by atoms with Crippen LogP contribution in [0.15, 0.2) is 11.7 Å². The highest BCUT2D eigenvalue weighted by atomic mass is 32.1. The van der Waals surface area contributed by atoms with Gasteiger partial charge in [-0.15, -0.1) is 11.3 Å². The Morgan fingerprint density at radius 1 is 1.32 bits per heavy atom. The lowest BCUT2D eigenvalue weighted by molar-refractivity contribution is 0.543. The first-order valence-electron chi connectivity index (χ1n) is 6.50. The molecule has 2 heterocycles. The second kappa shape index (κ2) is 5.43. The summed E-state index contributed by atoms with van der Waals surface area (Å²) in [7, 11) is 1.98. The fourth-order valence-electron chi connectivity index (χ4n) is 2.11. The quantitative estimate of drug-likeness (QED) is 0.935. The zero-order valence-electron chi connectivity index (χ0n) is 12.3. The molecule has 0 amide bonds. The summed E-state index contributed by atoms with van der Waals surface area (Å²) in [5.41, 5.74) is 5.55. The number of aromatic nitrogens is 3. The Morgan fingerprint density at radius 3 is 2.63 bits per heavy atom. The molecule has 0 aliphatic carbocycles. The van der Waals surface area contributed by atoms with Crippen molar-refractivity contribution in [1.29, 1.82) is 0 Å². The van der Waals surface area contributed by atoms with Crippen molar-refractivity contribution in [3.63, 3.8) is 0 Å². The van der Waals surface area contributed by atoms with E-state index in [0.717, 1.165) is 18.8 Å². The number of aryl methyl sites for hydroxylation is 2. The topological polar surface area (TPSA) is 42.7 Å². The minimum atomic E-state index is 0.0820. The SMILES string of the molecule is Cc1ncsc1CNCc1cn(C)nc1C(C)(C)C. The van der Waals surface area contributed by atoms with Crippen molar-refractivity contribution in [2.24, 2.45) is 7.05 Å². The van der Waals surface area contributed by atoms with E-state index in [4.69, 9.17) is 0 Å². The third kappa shape index (κ3) is 3.42. The van der Waals surface area contributed by atoms with E-state index in [0.29, 0.717) is 0 Å². The van der Waals surface area contributed by atoms with Crippen LogP contribution in [0.25, 0.3) is 0 Å². The van der Waals surface area contributed by atoms with E-state index in [1.807, 2.05) is 17.2 Å². The average Bonchev–Trinajstić information content (AvgIpc) is 2.85. The first kappa shape index (κ1) is 14.2. The maximum Gasteiger partial charge on any atom is 0.0798 e. The molecule has 19 heavy (non-hydrogen) atoms. The standard InChI is InChI=1S/C14H22N4S/c1-10-12(19-9-16-10)7-15-6-11-8-18(5)17-13(11)14(2,3)4/h8-9,15H,6-7H2,1-5H3. The minimum Gasteiger partial charge on any atom is -0.308 e. The lowest BCUT2D eigenvalue weighted by atomic mass is 9.89. The number of thiazole rings is 1. The van der Waals surface area contributed by atoms with E-state index in [-0.39, 0.29) is 5.41 Å². The van der Waals surface area contributed by atoms with E-state index >= 15 is 0 Å². The number of hydrogen-bond acceptors (Lipinski definition) is 4. The van der Waals surface area contributed by atoms with Gasteiger partial charge in [-0.1, -0.05) is 20.8 Å². The van der Waals surface area contributed by atoms with Crippen molar-refractivity contribution < 1.29 is 0 Å². The molecule has 5 heteroatoms. The predicted molar refractivity (Wildman–Crippen MR) is 79.3 cm³/mol. The van der Waals surface area contributed by atoms with Crippen molar-refractivity contribution >= 4 is 11.3 Å². The molecule has 4 nitrogen and oxygen atoms in total. The van der Waals surface area contributed by atoms with Crippen LogP contribution in [0.1, 0.15) is 42.6 Å². The van der Waals surface area contributed by atoms with Gasteiger partial charge in [-0.25, -0.2) is 4.98 Å². The first-order chi connectivity index (χ1) is 8.88. The smallest absolute Gasteiger partial charge is 0.0798 e. The number of hydrogen-bond donors (Lipinski definition) is 1. The van der Waals surface area contributed by atoms with E-state index in [1.54, 1.807) is 11.3 Å². The van der Waals surface area contributed by atoms with Gasteiger partial charge in [-0.05, 0) is 6.92 Å². The normalized spacial score (nSPS) is 12.1. The van der Waals surface area contributed by atoms with Gasteiger partial charge in [0.05, 0.1) is 16.9 Å². The highest BCUT2D eigenvalue weighted by Crippen LogP contribution is 2.24. The van der Waals surface area contributed by atoms with E-state index < -0.39 is 0 Å². The summed E-state index contributed by atoms with van der Waals surface area (Å²) >= 11 is 1.71. The molecule has 0 aromatic carbocycles. The van der Waals surface area contributed by atoms with Crippen LogP contribution >= 0.6 is 11.3 Å². The molecular weight excluding hydrogens is 256 g/mol. The van der Waals surface area contributed by atoms with Gasteiger partial charge < -0.3 is 5.32 Å². The molecule has 2 aromatic rings. The summed E-state index contributed by atoms with van der Waals surface area (Å²) < 4.78 is 1.90. The molecule has 104 valence electrons. The summed E-state index contributed by atoms with van der Waals surface area (Å²) in [4.78, 5) is 5.57. The molecule has 0 radical (unpaired) electrons. The molecular formula is C14H22N4S. The van der Waals surface area contributed by atoms with E-state index in [2.05, 4.69) is 49.3 Å². The van der Waals surface area contributed by atoms with Gasteiger partial charge in [0.15, 0.2) is 0 Å². The number of rotatable bonds is 4.